The third kappa shape index (κ3) is 59.1. The Labute approximate surface area is 451 Å². The molecule has 2 atom stereocenters. The fourth-order valence-electron chi connectivity index (χ4n) is 9.05. The van der Waals surface area contributed by atoms with Crippen LogP contribution in [0.3, 0.4) is 0 Å². The van der Waals surface area contributed by atoms with Crippen LogP contribution in [0.2, 0.25) is 0 Å². The number of ether oxygens (including phenoxy) is 2. The molecule has 0 aliphatic heterocycles. The zero-order chi connectivity index (χ0) is 53.1. The van der Waals surface area contributed by atoms with E-state index in [9.17, 15) is 19.0 Å². The Bertz CT molecular complexity index is 1330. The monoisotopic (exact) mass is 1050 g/mol. The SMILES string of the molecule is CCCCC/C=C\C/C=C\CCCCCCCCCCCC(=O)OCC(COP(=O)(O)OCCN)OC(=O)CCCCCCCCCCCCCCCCCCCCCCC/C=C\C/C=C\CCCCCCC. The van der Waals surface area contributed by atoms with E-state index in [1.165, 1.54) is 231 Å². The van der Waals surface area contributed by atoms with Crippen LogP contribution in [0.5, 0.6) is 0 Å². The number of allylic oxidation sites excluding steroid dienone is 8. The first-order valence-corrected chi connectivity index (χ1v) is 32.6. The molecular formula is C63H118NO8P. The average Bonchev–Trinajstić information content (AvgIpc) is 3.38. The second kappa shape index (κ2) is 59.2. The summed E-state index contributed by atoms with van der Waals surface area (Å²) in [6.07, 6.45) is 73.3. The Morgan fingerprint density at radius 3 is 1.07 bits per heavy atom. The lowest BCUT2D eigenvalue weighted by atomic mass is 10.0. The van der Waals surface area contributed by atoms with Gasteiger partial charge in [-0.1, -0.05) is 268 Å². The van der Waals surface area contributed by atoms with Crippen LogP contribution < -0.4 is 5.73 Å². The molecule has 3 N–H and O–H groups in total. The van der Waals surface area contributed by atoms with Gasteiger partial charge in [-0.2, -0.15) is 0 Å². The highest BCUT2D eigenvalue weighted by Crippen LogP contribution is 2.43. The lowest BCUT2D eigenvalue weighted by Gasteiger charge is -2.19. The van der Waals surface area contributed by atoms with E-state index in [0.29, 0.717) is 6.42 Å². The van der Waals surface area contributed by atoms with E-state index >= 15 is 0 Å². The minimum atomic E-state index is -4.39. The van der Waals surface area contributed by atoms with Gasteiger partial charge in [-0.05, 0) is 77.0 Å². The highest BCUT2D eigenvalue weighted by molar-refractivity contribution is 7.47. The fraction of sp³-hybridized carbons (Fsp3) is 0.841. The molecule has 0 heterocycles. The number of esters is 2. The van der Waals surface area contributed by atoms with Crippen LogP contribution in [0.15, 0.2) is 48.6 Å². The highest BCUT2D eigenvalue weighted by atomic mass is 31.2. The molecule has 0 fully saturated rings. The molecule has 0 spiro atoms. The van der Waals surface area contributed by atoms with Crippen molar-refractivity contribution >= 4 is 19.8 Å². The maximum Gasteiger partial charge on any atom is 0.472 e. The maximum atomic E-state index is 12.7. The molecule has 0 aromatic heterocycles. The zero-order valence-corrected chi connectivity index (χ0v) is 48.8. The molecule has 9 nitrogen and oxygen atoms in total. The summed E-state index contributed by atoms with van der Waals surface area (Å²) in [6.45, 7) is 3.75. The van der Waals surface area contributed by atoms with Gasteiger partial charge in [-0.25, -0.2) is 4.57 Å². The minimum Gasteiger partial charge on any atom is -0.462 e. The second-order valence-corrected chi connectivity index (χ2v) is 22.4. The lowest BCUT2D eigenvalue weighted by Crippen LogP contribution is -2.29. The van der Waals surface area contributed by atoms with Gasteiger partial charge < -0.3 is 20.1 Å². The summed E-state index contributed by atoms with van der Waals surface area (Å²) in [4.78, 5) is 35.2. The van der Waals surface area contributed by atoms with E-state index in [1.807, 2.05) is 0 Å². The molecule has 0 amide bonds. The van der Waals surface area contributed by atoms with Crippen LogP contribution in [-0.2, 0) is 32.7 Å². The smallest absolute Gasteiger partial charge is 0.462 e. The Morgan fingerprint density at radius 1 is 0.411 bits per heavy atom. The van der Waals surface area contributed by atoms with Crippen LogP contribution in [-0.4, -0.2) is 49.3 Å². The maximum absolute atomic E-state index is 12.7. The zero-order valence-electron chi connectivity index (χ0n) is 47.9. The number of carbonyl (C=O) groups is 2. The Morgan fingerprint density at radius 2 is 0.712 bits per heavy atom. The van der Waals surface area contributed by atoms with Crippen LogP contribution in [0, 0.1) is 0 Å². The van der Waals surface area contributed by atoms with Crippen molar-refractivity contribution in [1.29, 1.82) is 0 Å². The largest absolute Gasteiger partial charge is 0.472 e. The second-order valence-electron chi connectivity index (χ2n) is 20.9. The Hall–Kier alpha value is -2.03. The van der Waals surface area contributed by atoms with Crippen LogP contribution in [0.1, 0.15) is 309 Å². The molecular weight excluding hydrogens is 930 g/mol. The van der Waals surface area contributed by atoms with Crippen LogP contribution >= 0.6 is 7.82 Å². The molecule has 2 unspecified atom stereocenters. The predicted molar refractivity (Wildman–Crippen MR) is 312 cm³/mol. The molecule has 10 heteroatoms. The van der Waals surface area contributed by atoms with Gasteiger partial charge in [0, 0.05) is 19.4 Å². The molecule has 0 rings (SSSR count). The fourth-order valence-corrected chi connectivity index (χ4v) is 9.82. The summed E-state index contributed by atoms with van der Waals surface area (Å²) < 4.78 is 33.1. The van der Waals surface area contributed by atoms with E-state index in [-0.39, 0.29) is 38.6 Å². The molecule has 428 valence electrons. The Kier molecular flexibility index (Phi) is 57.6. The third-order valence-electron chi connectivity index (χ3n) is 13.7. The van der Waals surface area contributed by atoms with Crippen LogP contribution in [0.4, 0.5) is 0 Å². The van der Waals surface area contributed by atoms with E-state index in [2.05, 4.69) is 62.5 Å². The highest BCUT2D eigenvalue weighted by Gasteiger charge is 2.26. The standard InChI is InChI=1S/C63H118NO8P/c1-3-5-7-9-11-13-15-17-19-21-23-24-25-26-27-28-29-30-31-32-33-34-35-36-38-40-42-44-46-48-50-52-54-56-63(66)72-61(60-71-73(67,68)70-58-57-64)59-69-62(65)55-53-51-49-47-45-43-41-39-37-22-20-18-16-14-12-10-8-6-4-2/h12,14-15,17-18,20-21,23,61H,3-11,13,16,19,22,24-60,64H2,1-2H3,(H,67,68)/b14-12-,17-15-,20-18-,23-21-. The first-order chi connectivity index (χ1) is 35.8. The molecule has 0 aromatic rings. The molecule has 0 saturated heterocycles. The van der Waals surface area contributed by atoms with Gasteiger partial charge in [0.05, 0.1) is 13.2 Å². The van der Waals surface area contributed by atoms with Crippen molar-refractivity contribution < 1.29 is 37.6 Å². The number of hydrogen-bond donors (Lipinski definition) is 2. The van der Waals surface area contributed by atoms with Gasteiger partial charge in [0.15, 0.2) is 6.10 Å². The molecule has 0 aromatic carbocycles. The number of phosphoric acid groups is 1. The summed E-state index contributed by atoms with van der Waals surface area (Å²) in [5, 5.41) is 0. The molecule has 0 radical (unpaired) electrons. The van der Waals surface area contributed by atoms with Crippen molar-refractivity contribution in [2.45, 2.75) is 315 Å². The normalized spacial score (nSPS) is 13.3. The lowest BCUT2D eigenvalue weighted by molar-refractivity contribution is -0.161. The van der Waals surface area contributed by atoms with Gasteiger partial charge in [-0.15, -0.1) is 0 Å². The first kappa shape index (κ1) is 71.0. The number of rotatable bonds is 59. The Balaban J connectivity index is 3.86. The molecule has 0 aliphatic carbocycles. The first-order valence-electron chi connectivity index (χ1n) is 31.1. The number of hydrogen-bond acceptors (Lipinski definition) is 8. The van der Waals surface area contributed by atoms with Gasteiger partial charge in [0.1, 0.15) is 6.61 Å². The van der Waals surface area contributed by atoms with Crippen molar-refractivity contribution in [3.63, 3.8) is 0 Å². The van der Waals surface area contributed by atoms with Crippen molar-refractivity contribution in [2.24, 2.45) is 5.73 Å². The number of carbonyl (C=O) groups excluding carboxylic acids is 2. The summed E-state index contributed by atoms with van der Waals surface area (Å²) in [6, 6.07) is 0. The molecule has 0 saturated carbocycles. The summed E-state index contributed by atoms with van der Waals surface area (Å²) >= 11 is 0. The predicted octanol–water partition coefficient (Wildman–Crippen LogP) is 19.7. The molecule has 0 bridgehead atoms. The van der Waals surface area contributed by atoms with Crippen LogP contribution in [0.25, 0.3) is 0 Å². The van der Waals surface area contributed by atoms with E-state index in [1.54, 1.807) is 0 Å². The van der Waals surface area contributed by atoms with E-state index < -0.39 is 26.5 Å². The number of phosphoric ester groups is 1. The summed E-state index contributed by atoms with van der Waals surface area (Å²) in [5.41, 5.74) is 5.39. The van der Waals surface area contributed by atoms with Gasteiger partial charge in [-0.3, -0.25) is 18.6 Å². The minimum absolute atomic E-state index is 0.0535. The van der Waals surface area contributed by atoms with Crippen molar-refractivity contribution in [3.8, 4) is 0 Å². The average molecular weight is 1050 g/mol. The number of nitrogens with two attached hydrogens (primary N) is 1. The van der Waals surface area contributed by atoms with Crippen molar-refractivity contribution in [2.75, 3.05) is 26.4 Å². The van der Waals surface area contributed by atoms with Gasteiger partial charge >= 0.3 is 19.8 Å². The van der Waals surface area contributed by atoms with E-state index in [4.69, 9.17) is 24.3 Å². The van der Waals surface area contributed by atoms with Gasteiger partial charge in [0.25, 0.3) is 0 Å². The molecule has 73 heavy (non-hydrogen) atoms. The third-order valence-corrected chi connectivity index (χ3v) is 14.7. The summed E-state index contributed by atoms with van der Waals surface area (Å²) in [7, 11) is -4.39. The quantitative estimate of drug-likeness (QED) is 0.0264. The van der Waals surface area contributed by atoms with E-state index in [0.717, 1.165) is 44.9 Å². The topological polar surface area (TPSA) is 134 Å². The molecule has 0 aliphatic rings. The van der Waals surface area contributed by atoms with Crippen molar-refractivity contribution in [1.82, 2.24) is 0 Å². The number of unbranched alkanes of at least 4 members (excludes halogenated alkanes) is 38. The summed E-state index contributed by atoms with van der Waals surface area (Å²) in [5.74, 6) is -0.819. The van der Waals surface area contributed by atoms with Gasteiger partial charge in [0.2, 0.25) is 0 Å². The van der Waals surface area contributed by atoms with Crippen molar-refractivity contribution in [3.05, 3.63) is 48.6 Å².